The molecule has 0 bridgehead atoms. The molecule has 0 saturated carbocycles. The summed E-state index contributed by atoms with van der Waals surface area (Å²) >= 11 is 0. The molecule has 0 spiro atoms. The molecule has 3 heterocycles. The van der Waals surface area contributed by atoms with Crippen molar-refractivity contribution in [2.75, 3.05) is 6.54 Å². The number of fused-ring (bicyclic) bond motifs is 1. The Morgan fingerprint density at radius 3 is 2.95 bits per heavy atom. The van der Waals surface area contributed by atoms with Crippen LogP contribution in [0.1, 0.15) is 37.1 Å². The second-order valence-electron chi connectivity index (χ2n) is 6.13. The summed E-state index contributed by atoms with van der Waals surface area (Å²) in [6, 6.07) is 5.75. The maximum atomic E-state index is 12.4. The van der Waals surface area contributed by atoms with Gasteiger partial charge in [-0.25, -0.2) is 0 Å². The zero-order valence-corrected chi connectivity index (χ0v) is 13.2. The van der Waals surface area contributed by atoms with E-state index in [-0.39, 0.29) is 18.0 Å². The number of rotatable bonds is 4. The van der Waals surface area contributed by atoms with Gasteiger partial charge in [0.15, 0.2) is 0 Å². The van der Waals surface area contributed by atoms with Crippen molar-refractivity contribution in [3.8, 4) is 0 Å². The molecule has 6 heteroatoms. The molecule has 1 aliphatic rings. The van der Waals surface area contributed by atoms with Gasteiger partial charge in [0.25, 0.3) is 0 Å². The Hall–Kier alpha value is -2.08. The third kappa shape index (κ3) is 3.06. The zero-order valence-electron chi connectivity index (χ0n) is 13.2. The Kier molecular flexibility index (Phi) is 4.02. The highest BCUT2D eigenvalue weighted by atomic mass is 16.3. The van der Waals surface area contributed by atoms with E-state index in [2.05, 4.69) is 15.3 Å². The minimum Gasteiger partial charge on any atom is -0.465 e. The van der Waals surface area contributed by atoms with E-state index in [0.717, 1.165) is 23.8 Å². The van der Waals surface area contributed by atoms with Crippen LogP contribution >= 0.6 is 0 Å². The fourth-order valence-electron chi connectivity index (χ4n) is 2.85. The molecule has 6 nitrogen and oxygen atoms in total. The summed E-state index contributed by atoms with van der Waals surface area (Å²) in [7, 11) is 0. The van der Waals surface area contributed by atoms with Gasteiger partial charge in [0.2, 0.25) is 5.91 Å². The predicted octanol–water partition coefficient (Wildman–Crippen LogP) is 1.87. The van der Waals surface area contributed by atoms with Gasteiger partial charge in [0.05, 0.1) is 12.2 Å². The first-order chi connectivity index (χ1) is 10.5. The lowest BCUT2D eigenvalue weighted by Gasteiger charge is -2.33. The van der Waals surface area contributed by atoms with Gasteiger partial charge in [-0.3, -0.25) is 14.4 Å². The van der Waals surface area contributed by atoms with E-state index < -0.39 is 0 Å². The van der Waals surface area contributed by atoms with Crippen molar-refractivity contribution in [1.82, 2.24) is 20.0 Å². The van der Waals surface area contributed by atoms with Crippen molar-refractivity contribution in [3.05, 3.63) is 41.6 Å². The van der Waals surface area contributed by atoms with Gasteiger partial charge in [-0.1, -0.05) is 0 Å². The summed E-state index contributed by atoms with van der Waals surface area (Å²) < 4.78 is 7.49. The van der Waals surface area contributed by atoms with Gasteiger partial charge in [-0.15, -0.1) is 0 Å². The second kappa shape index (κ2) is 5.96. The van der Waals surface area contributed by atoms with E-state index in [1.54, 1.807) is 6.20 Å². The first kappa shape index (κ1) is 14.8. The summed E-state index contributed by atoms with van der Waals surface area (Å²) in [5.74, 6) is 1.85. The van der Waals surface area contributed by atoms with Crippen LogP contribution in [0.5, 0.6) is 0 Å². The molecule has 3 rings (SSSR count). The highest BCUT2D eigenvalue weighted by Gasteiger charge is 2.31. The summed E-state index contributed by atoms with van der Waals surface area (Å²) in [6.07, 6.45) is 1.76. The van der Waals surface area contributed by atoms with Crippen LogP contribution in [0.25, 0.3) is 0 Å². The standard InChI is InChI=1S/C16H22N4O2/c1-11(2)18-16(21)15-10-19(8-13-6-7-17-20(13)15)9-14-5-4-12(3)22-14/h4-7,11,15H,8-10H2,1-3H3,(H,18,21). The van der Waals surface area contributed by atoms with Crippen LogP contribution in [-0.4, -0.2) is 33.2 Å². The van der Waals surface area contributed by atoms with Crippen LogP contribution in [0.3, 0.4) is 0 Å². The van der Waals surface area contributed by atoms with E-state index in [1.165, 1.54) is 0 Å². The van der Waals surface area contributed by atoms with Crippen molar-refractivity contribution < 1.29 is 9.21 Å². The molecular formula is C16H22N4O2. The molecule has 1 aliphatic heterocycles. The topological polar surface area (TPSA) is 63.3 Å². The molecule has 1 unspecified atom stereocenters. The highest BCUT2D eigenvalue weighted by molar-refractivity contribution is 5.80. The van der Waals surface area contributed by atoms with Gasteiger partial charge >= 0.3 is 0 Å². The van der Waals surface area contributed by atoms with Crippen LogP contribution in [-0.2, 0) is 17.9 Å². The smallest absolute Gasteiger partial charge is 0.246 e. The molecule has 2 aromatic rings. The van der Waals surface area contributed by atoms with Crippen LogP contribution in [0.4, 0.5) is 0 Å². The van der Waals surface area contributed by atoms with E-state index >= 15 is 0 Å². The molecule has 1 atom stereocenters. The summed E-state index contributed by atoms with van der Waals surface area (Å²) in [4.78, 5) is 14.7. The number of carbonyl (C=O) groups is 1. The van der Waals surface area contributed by atoms with Crippen LogP contribution in [0.2, 0.25) is 0 Å². The Balaban J connectivity index is 1.77. The lowest BCUT2D eigenvalue weighted by Crippen LogP contribution is -2.46. The van der Waals surface area contributed by atoms with E-state index in [4.69, 9.17) is 4.42 Å². The first-order valence-corrected chi connectivity index (χ1v) is 7.63. The Morgan fingerprint density at radius 2 is 2.27 bits per heavy atom. The molecule has 0 fully saturated rings. The monoisotopic (exact) mass is 302 g/mol. The number of aryl methyl sites for hydroxylation is 1. The Labute approximate surface area is 130 Å². The van der Waals surface area contributed by atoms with Gasteiger partial charge in [-0.2, -0.15) is 5.10 Å². The zero-order chi connectivity index (χ0) is 15.7. The quantitative estimate of drug-likeness (QED) is 0.936. The highest BCUT2D eigenvalue weighted by Crippen LogP contribution is 2.22. The molecular weight excluding hydrogens is 280 g/mol. The third-order valence-electron chi connectivity index (χ3n) is 3.77. The van der Waals surface area contributed by atoms with Crippen molar-refractivity contribution >= 4 is 5.91 Å². The maximum Gasteiger partial charge on any atom is 0.246 e. The molecule has 22 heavy (non-hydrogen) atoms. The summed E-state index contributed by atoms with van der Waals surface area (Å²) in [5, 5.41) is 7.30. The van der Waals surface area contributed by atoms with Crippen molar-refractivity contribution in [3.63, 3.8) is 0 Å². The van der Waals surface area contributed by atoms with Gasteiger partial charge in [0.1, 0.15) is 17.6 Å². The lowest BCUT2D eigenvalue weighted by atomic mass is 10.1. The minimum atomic E-state index is -0.294. The molecule has 1 N–H and O–H groups in total. The number of hydrogen-bond acceptors (Lipinski definition) is 4. The number of nitrogens with one attached hydrogen (secondary N) is 1. The average molecular weight is 302 g/mol. The van der Waals surface area contributed by atoms with Gasteiger partial charge in [-0.05, 0) is 39.0 Å². The lowest BCUT2D eigenvalue weighted by molar-refractivity contribution is -0.126. The van der Waals surface area contributed by atoms with Crippen LogP contribution < -0.4 is 5.32 Å². The molecule has 118 valence electrons. The van der Waals surface area contributed by atoms with Crippen molar-refractivity contribution in [2.45, 2.75) is 45.9 Å². The third-order valence-corrected chi connectivity index (χ3v) is 3.77. The summed E-state index contributed by atoms with van der Waals surface area (Å²) in [6.45, 7) is 7.97. The van der Waals surface area contributed by atoms with Gasteiger partial charge < -0.3 is 9.73 Å². The fraction of sp³-hybridized carbons (Fsp3) is 0.500. The normalized spacial score (nSPS) is 18.5. The second-order valence-corrected chi connectivity index (χ2v) is 6.13. The average Bonchev–Trinajstić information content (AvgIpc) is 3.06. The molecule has 0 saturated heterocycles. The maximum absolute atomic E-state index is 12.4. The largest absolute Gasteiger partial charge is 0.465 e. The molecule has 0 radical (unpaired) electrons. The van der Waals surface area contributed by atoms with Crippen molar-refractivity contribution in [1.29, 1.82) is 0 Å². The molecule has 2 aromatic heterocycles. The SMILES string of the molecule is Cc1ccc(CN2Cc3ccnn3C(C(=O)NC(C)C)C2)o1. The Bertz CT molecular complexity index is 659. The van der Waals surface area contributed by atoms with Crippen LogP contribution in [0.15, 0.2) is 28.8 Å². The predicted molar refractivity (Wildman–Crippen MR) is 82.1 cm³/mol. The van der Waals surface area contributed by atoms with Crippen molar-refractivity contribution in [2.24, 2.45) is 0 Å². The van der Waals surface area contributed by atoms with Crippen LogP contribution in [0, 0.1) is 6.92 Å². The molecule has 0 aromatic carbocycles. The Morgan fingerprint density at radius 1 is 1.45 bits per heavy atom. The first-order valence-electron chi connectivity index (χ1n) is 7.63. The number of hydrogen-bond donors (Lipinski definition) is 1. The molecule has 0 aliphatic carbocycles. The number of carbonyl (C=O) groups excluding carboxylic acids is 1. The van der Waals surface area contributed by atoms with E-state index in [9.17, 15) is 4.79 Å². The van der Waals surface area contributed by atoms with E-state index in [1.807, 2.05) is 43.7 Å². The molecule has 1 amide bonds. The summed E-state index contributed by atoms with van der Waals surface area (Å²) in [5.41, 5.74) is 1.05. The van der Waals surface area contributed by atoms with E-state index in [0.29, 0.717) is 13.1 Å². The fourth-order valence-corrected chi connectivity index (χ4v) is 2.85. The number of nitrogens with zero attached hydrogens (tertiary/aromatic N) is 3. The minimum absolute atomic E-state index is 0.0141. The number of furan rings is 1. The van der Waals surface area contributed by atoms with Gasteiger partial charge in [0, 0.05) is 25.3 Å². The number of amides is 1. The number of aromatic nitrogens is 2.